The quantitative estimate of drug-likeness (QED) is 0.904. The van der Waals surface area contributed by atoms with Gasteiger partial charge in [0.15, 0.2) is 0 Å². The molecule has 1 aliphatic heterocycles. The monoisotopic (exact) mass is 284 g/mol. The number of nitrogens with one attached hydrogen (secondary N) is 1. The number of benzene rings is 1. The van der Waals surface area contributed by atoms with Crippen molar-refractivity contribution in [2.75, 3.05) is 18.0 Å². The topological polar surface area (TPSA) is 50.2 Å². The summed E-state index contributed by atoms with van der Waals surface area (Å²) in [6.07, 6.45) is 4.63. The van der Waals surface area contributed by atoms with Crippen LogP contribution in [-0.4, -0.2) is 34.8 Å². The van der Waals surface area contributed by atoms with Crippen molar-refractivity contribution in [3.63, 3.8) is 0 Å². The Morgan fingerprint density at radius 3 is 3.05 bits per heavy atom. The van der Waals surface area contributed by atoms with E-state index in [9.17, 15) is 4.79 Å². The fourth-order valence-corrected chi connectivity index (χ4v) is 2.72. The summed E-state index contributed by atoms with van der Waals surface area (Å²) in [5, 5.41) is 7.42. The Morgan fingerprint density at radius 2 is 2.24 bits per heavy atom. The lowest BCUT2D eigenvalue weighted by Gasteiger charge is -2.22. The highest BCUT2D eigenvalue weighted by Gasteiger charge is 2.27. The molecule has 0 saturated carbocycles. The summed E-state index contributed by atoms with van der Waals surface area (Å²) in [7, 11) is 0. The average molecular weight is 284 g/mol. The lowest BCUT2D eigenvalue weighted by molar-refractivity contribution is -0.120. The normalized spacial score (nSPS) is 15.0. The maximum atomic E-state index is 12.5. The molecule has 110 valence electrons. The third kappa shape index (κ3) is 2.97. The van der Waals surface area contributed by atoms with E-state index in [1.807, 2.05) is 47.0 Å². The van der Waals surface area contributed by atoms with Gasteiger partial charge in [0.25, 0.3) is 0 Å². The summed E-state index contributed by atoms with van der Waals surface area (Å²) in [6.45, 7) is 4.20. The number of nitrogens with zero attached hydrogens (tertiary/aromatic N) is 3. The molecule has 1 aromatic carbocycles. The second kappa shape index (κ2) is 6.10. The van der Waals surface area contributed by atoms with E-state index in [4.69, 9.17) is 0 Å². The number of hydrogen-bond donors (Lipinski definition) is 1. The van der Waals surface area contributed by atoms with Crippen molar-refractivity contribution in [3.05, 3.63) is 48.3 Å². The average Bonchev–Trinajstić information content (AvgIpc) is 3.15. The molecule has 3 rings (SSSR count). The van der Waals surface area contributed by atoms with E-state index in [0.29, 0.717) is 0 Å². The summed E-state index contributed by atoms with van der Waals surface area (Å²) >= 11 is 0. The molecule has 0 spiro atoms. The van der Waals surface area contributed by atoms with E-state index in [-0.39, 0.29) is 11.9 Å². The first-order valence-electron chi connectivity index (χ1n) is 7.36. The summed E-state index contributed by atoms with van der Waals surface area (Å²) in [5.41, 5.74) is 2.32. The first-order chi connectivity index (χ1) is 10.3. The van der Waals surface area contributed by atoms with E-state index in [1.54, 1.807) is 6.20 Å². The minimum atomic E-state index is -0.188. The van der Waals surface area contributed by atoms with Crippen LogP contribution in [0.1, 0.15) is 12.5 Å². The van der Waals surface area contributed by atoms with Crippen LogP contribution < -0.4 is 10.2 Å². The lowest BCUT2D eigenvalue weighted by atomic mass is 10.2. The number of fused-ring (bicyclic) bond motifs is 1. The number of carbonyl (C=O) groups excluding carboxylic acids is 1. The zero-order valence-corrected chi connectivity index (χ0v) is 12.2. The molecule has 0 saturated heterocycles. The van der Waals surface area contributed by atoms with Crippen LogP contribution in [0.3, 0.4) is 0 Å². The van der Waals surface area contributed by atoms with Crippen molar-refractivity contribution < 1.29 is 4.79 Å². The van der Waals surface area contributed by atoms with Gasteiger partial charge in [-0.1, -0.05) is 18.2 Å². The third-order valence-electron chi connectivity index (χ3n) is 3.87. The first-order valence-corrected chi connectivity index (χ1v) is 7.36. The Balaban J connectivity index is 1.55. The van der Waals surface area contributed by atoms with Crippen molar-refractivity contribution >= 4 is 11.6 Å². The molecule has 0 fully saturated rings. The Hall–Kier alpha value is -2.14. The molecular weight excluding hydrogens is 264 g/mol. The summed E-state index contributed by atoms with van der Waals surface area (Å²) in [6, 6.07) is 9.84. The SMILES string of the molecule is C[C@H](NCCn1cccn1)C(=O)N1CCc2ccccc21. The highest BCUT2D eigenvalue weighted by Crippen LogP contribution is 2.27. The highest BCUT2D eigenvalue weighted by molar-refractivity contribution is 5.98. The van der Waals surface area contributed by atoms with Gasteiger partial charge in [0, 0.05) is 31.2 Å². The van der Waals surface area contributed by atoms with Gasteiger partial charge in [0.1, 0.15) is 0 Å². The largest absolute Gasteiger partial charge is 0.310 e. The molecule has 5 heteroatoms. The Morgan fingerprint density at radius 1 is 1.38 bits per heavy atom. The molecular formula is C16H20N4O. The second-order valence-electron chi connectivity index (χ2n) is 5.31. The van der Waals surface area contributed by atoms with Crippen molar-refractivity contribution in [1.82, 2.24) is 15.1 Å². The van der Waals surface area contributed by atoms with Crippen LogP contribution in [-0.2, 0) is 17.8 Å². The molecule has 0 bridgehead atoms. The van der Waals surface area contributed by atoms with E-state index in [2.05, 4.69) is 16.5 Å². The summed E-state index contributed by atoms with van der Waals surface area (Å²) < 4.78 is 1.86. The zero-order chi connectivity index (χ0) is 14.7. The molecule has 5 nitrogen and oxygen atoms in total. The summed E-state index contributed by atoms with van der Waals surface area (Å²) in [4.78, 5) is 14.4. The van der Waals surface area contributed by atoms with Gasteiger partial charge in [-0.05, 0) is 31.0 Å². The molecule has 2 heterocycles. The highest BCUT2D eigenvalue weighted by atomic mass is 16.2. The molecule has 0 unspecified atom stereocenters. The van der Waals surface area contributed by atoms with Crippen LogP contribution in [0.2, 0.25) is 0 Å². The van der Waals surface area contributed by atoms with Crippen molar-refractivity contribution in [1.29, 1.82) is 0 Å². The van der Waals surface area contributed by atoms with Crippen LogP contribution in [0.4, 0.5) is 5.69 Å². The number of para-hydroxylation sites is 1. The van der Waals surface area contributed by atoms with Gasteiger partial charge in [0.2, 0.25) is 5.91 Å². The van der Waals surface area contributed by atoms with Crippen molar-refractivity contribution in [2.45, 2.75) is 25.9 Å². The lowest BCUT2D eigenvalue weighted by Crippen LogP contribution is -2.45. The maximum Gasteiger partial charge on any atom is 0.243 e. The number of aromatic nitrogens is 2. The molecule has 2 aromatic rings. The van der Waals surface area contributed by atoms with Gasteiger partial charge >= 0.3 is 0 Å². The van der Waals surface area contributed by atoms with Crippen molar-refractivity contribution in [2.24, 2.45) is 0 Å². The Labute approximate surface area is 124 Å². The smallest absolute Gasteiger partial charge is 0.243 e. The molecule has 0 radical (unpaired) electrons. The van der Waals surface area contributed by atoms with E-state index in [0.717, 1.165) is 31.7 Å². The number of amides is 1. The van der Waals surface area contributed by atoms with E-state index >= 15 is 0 Å². The Kier molecular flexibility index (Phi) is 4.01. The van der Waals surface area contributed by atoms with Gasteiger partial charge in [-0.25, -0.2) is 0 Å². The number of carbonyl (C=O) groups is 1. The van der Waals surface area contributed by atoms with Crippen LogP contribution >= 0.6 is 0 Å². The zero-order valence-electron chi connectivity index (χ0n) is 12.2. The minimum Gasteiger partial charge on any atom is -0.310 e. The van der Waals surface area contributed by atoms with Gasteiger partial charge in [-0.2, -0.15) is 5.10 Å². The maximum absolute atomic E-state index is 12.5. The van der Waals surface area contributed by atoms with Gasteiger partial charge in [-0.3, -0.25) is 9.48 Å². The fourth-order valence-electron chi connectivity index (χ4n) is 2.72. The van der Waals surface area contributed by atoms with Crippen LogP contribution in [0.25, 0.3) is 0 Å². The molecule has 1 aromatic heterocycles. The van der Waals surface area contributed by atoms with Crippen LogP contribution in [0.15, 0.2) is 42.7 Å². The summed E-state index contributed by atoms with van der Waals surface area (Å²) in [5.74, 6) is 0.139. The number of rotatable bonds is 5. The van der Waals surface area contributed by atoms with Gasteiger partial charge in [0.05, 0.1) is 12.6 Å². The molecule has 21 heavy (non-hydrogen) atoms. The van der Waals surface area contributed by atoms with Gasteiger partial charge in [-0.15, -0.1) is 0 Å². The van der Waals surface area contributed by atoms with Crippen LogP contribution in [0, 0.1) is 0 Å². The van der Waals surface area contributed by atoms with E-state index in [1.165, 1.54) is 5.56 Å². The third-order valence-corrected chi connectivity index (χ3v) is 3.87. The fraction of sp³-hybridized carbons (Fsp3) is 0.375. The Bertz CT molecular complexity index is 608. The molecule has 1 aliphatic rings. The molecule has 1 atom stereocenters. The van der Waals surface area contributed by atoms with E-state index < -0.39 is 0 Å². The second-order valence-corrected chi connectivity index (χ2v) is 5.31. The minimum absolute atomic E-state index is 0.139. The molecule has 1 amide bonds. The predicted octanol–water partition coefficient (Wildman–Crippen LogP) is 1.45. The number of anilines is 1. The van der Waals surface area contributed by atoms with Gasteiger partial charge < -0.3 is 10.2 Å². The predicted molar refractivity (Wildman–Crippen MR) is 82.2 cm³/mol. The first kappa shape index (κ1) is 13.8. The van der Waals surface area contributed by atoms with Crippen LogP contribution in [0.5, 0.6) is 0 Å². The standard InChI is InChI=1S/C16H20N4O/c1-13(17-9-12-19-10-4-8-18-19)16(21)20-11-7-14-5-2-3-6-15(14)20/h2-6,8,10,13,17H,7,9,11-12H2,1H3/t13-/m0/s1. The van der Waals surface area contributed by atoms with Crippen molar-refractivity contribution in [3.8, 4) is 0 Å². The number of hydrogen-bond acceptors (Lipinski definition) is 3. The molecule has 1 N–H and O–H groups in total. The molecule has 0 aliphatic carbocycles.